The maximum atomic E-state index is 12.6. The molecule has 2 aromatic rings. The van der Waals surface area contributed by atoms with Crippen molar-refractivity contribution in [2.75, 3.05) is 40.3 Å². The molecule has 0 saturated carbocycles. The number of carbonyl (C=O) groups excluding carboxylic acids is 2. The highest BCUT2D eigenvalue weighted by molar-refractivity contribution is 5.98. The van der Waals surface area contributed by atoms with Crippen LogP contribution < -0.4 is 10.1 Å². The molecule has 0 spiro atoms. The molecular weight excluding hydrogens is 344 g/mol. The summed E-state index contributed by atoms with van der Waals surface area (Å²) in [6.45, 7) is 3.35. The third-order valence-corrected chi connectivity index (χ3v) is 4.66. The van der Waals surface area contributed by atoms with Gasteiger partial charge < -0.3 is 19.9 Å². The van der Waals surface area contributed by atoms with Gasteiger partial charge in [-0.25, -0.2) is 0 Å². The standard InChI is InChI=1S/C20H24N4O3/c1-23-9-11-24(12-10-23)20(26)17-13-15(7-8-21-17)19(25)22-14-16-5-3-4-6-18(16)27-2/h3-8,13H,9-12,14H2,1-2H3,(H,22,25). The Morgan fingerprint density at radius 3 is 2.63 bits per heavy atom. The number of carbonyl (C=O) groups is 2. The van der Waals surface area contributed by atoms with Gasteiger partial charge in [-0.15, -0.1) is 0 Å². The molecule has 3 rings (SSSR count). The van der Waals surface area contributed by atoms with Crippen molar-refractivity contribution in [1.82, 2.24) is 20.1 Å². The number of rotatable bonds is 5. The summed E-state index contributed by atoms with van der Waals surface area (Å²) in [6.07, 6.45) is 1.50. The third kappa shape index (κ3) is 4.62. The molecule has 1 aromatic heterocycles. The summed E-state index contributed by atoms with van der Waals surface area (Å²) in [6, 6.07) is 10.7. The lowest BCUT2D eigenvalue weighted by Crippen LogP contribution is -2.47. The topological polar surface area (TPSA) is 74.8 Å². The summed E-state index contributed by atoms with van der Waals surface area (Å²) in [7, 11) is 3.63. The molecule has 1 fully saturated rings. The Morgan fingerprint density at radius 2 is 1.89 bits per heavy atom. The lowest BCUT2D eigenvalue weighted by atomic mass is 10.1. The molecule has 7 nitrogen and oxygen atoms in total. The first-order chi connectivity index (χ1) is 13.1. The number of methoxy groups -OCH3 is 1. The normalized spacial score (nSPS) is 14.7. The van der Waals surface area contributed by atoms with Crippen molar-refractivity contribution in [3.63, 3.8) is 0 Å². The van der Waals surface area contributed by atoms with Gasteiger partial charge in [0.2, 0.25) is 0 Å². The molecular formula is C20H24N4O3. The number of nitrogens with zero attached hydrogens (tertiary/aromatic N) is 3. The Labute approximate surface area is 158 Å². The molecule has 0 unspecified atom stereocenters. The summed E-state index contributed by atoms with van der Waals surface area (Å²) in [4.78, 5) is 33.3. The van der Waals surface area contributed by atoms with E-state index < -0.39 is 0 Å². The van der Waals surface area contributed by atoms with E-state index in [0.29, 0.717) is 30.9 Å². The maximum absolute atomic E-state index is 12.6. The minimum Gasteiger partial charge on any atom is -0.496 e. The Kier molecular flexibility index (Phi) is 6.03. The van der Waals surface area contributed by atoms with Gasteiger partial charge in [0.15, 0.2) is 0 Å². The van der Waals surface area contributed by atoms with Gasteiger partial charge >= 0.3 is 0 Å². The van der Waals surface area contributed by atoms with Gasteiger partial charge in [-0.1, -0.05) is 18.2 Å². The van der Waals surface area contributed by atoms with E-state index in [-0.39, 0.29) is 11.8 Å². The number of likely N-dealkylation sites (N-methyl/N-ethyl adjacent to an activating group) is 1. The summed E-state index contributed by atoms with van der Waals surface area (Å²) in [5, 5.41) is 2.86. The van der Waals surface area contributed by atoms with Crippen LogP contribution in [0.15, 0.2) is 42.6 Å². The molecule has 1 saturated heterocycles. The fourth-order valence-electron chi connectivity index (χ4n) is 2.99. The van der Waals surface area contributed by atoms with Crippen LogP contribution in [-0.4, -0.2) is 66.9 Å². The van der Waals surface area contributed by atoms with E-state index in [1.807, 2.05) is 31.3 Å². The predicted molar refractivity (Wildman–Crippen MR) is 102 cm³/mol. The Morgan fingerprint density at radius 1 is 1.15 bits per heavy atom. The highest BCUT2D eigenvalue weighted by Gasteiger charge is 2.22. The van der Waals surface area contributed by atoms with Crippen molar-refractivity contribution in [2.24, 2.45) is 0 Å². The number of para-hydroxylation sites is 1. The van der Waals surface area contributed by atoms with Crippen molar-refractivity contribution in [2.45, 2.75) is 6.54 Å². The van der Waals surface area contributed by atoms with Crippen molar-refractivity contribution < 1.29 is 14.3 Å². The zero-order chi connectivity index (χ0) is 19.2. The van der Waals surface area contributed by atoms with Crippen LogP contribution in [0.3, 0.4) is 0 Å². The molecule has 7 heteroatoms. The Hall–Kier alpha value is -2.93. The number of nitrogens with one attached hydrogen (secondary N) is 1. The lowest BCUT2D eigenvalue weighted by molar-refractivity contribution is 0.0658. The van der Waals surface area contributed by atoms with Crippen molar-refractivity contribution in [3.05, 3.63) is 59.4 Å². The third-order valence-electron chi connectivity index (χ3n) is 4.66. The summed E-state index contributed by atoms with van der Waals surface area (Å²) in [5.74, 6) is 0.330. The first-order valence-corrected chi connectivity index (χ1v) is 8.92. The van der Waals surface area contributed by atoms with Gasteiger partial charge in [-0.05, 0) is 25.2 Å². The van der Waals surface area contributed by atoms with E-state index in [2.05, 4.69) is 15.2 Å². The summed E-state index contributed by atoms with van der Waals surface area (Å²) < 4.78 is 5.29. The van der Waals surface area contributed by atoms with E-state index >= 15 is 0 Å². The van der Waals surface area contributed by atoms with Crippen LogP contribution >= 0.6 is 0 Å². The largest absolute Gasteiger partial charge is 0.496 e. The zero-order valence-corrected chi connectivity index (χ0v) is 15.6. The highest BCUT2D eigenvalue weighted by Crippen LogP contribution is 2.17. The van der Waals surface area contributed by atoms with Crippen LogP contribution in [0.1, 0.15) is 26.4 Å². The van der Waals surface area contributed by atoms with Crippen LogP contribution in [0.4, 0.5) is 0 Å². The maximum Gasteiger partial charge on any atom is 0.272 e. The van der Waals surface area contributed by atoms with Gasteiger partial charge in [0.05, 0.1) is 7.11 Å². The number of piperazine rings is 1. The number of benzene rings is 1. The SMILES string of the molecule is COc1ccccc1CNC(=O)c1ccnc(C(=O)N2CCN(C)CC2)c1. The van der Waals surface area contributed by atoms with Crippen LogP contribution in [0.5, 0.6) is 5.75 Å². The molecule has 1 aliphatic heterocycles. The van der Waals surface area contributed by atoms with E-state index in [0.717, 1.165) is 24.4 Å². The predicted octanol–water partition coefficient (Wildman–Crippen LogP) is 1.41. The number of amides is 2. The molecule has 1 aromatic carbocycles. The van der Waals surface area contributed by atoms with Gasteiger partial charge in [-0.3, -0.25) is 14.6 Å². The lowest BCUT2D eigenvalue weighted by Gasteiger charge is -2.32. The van der Waals surface area contributed by atoms with Crippen LogP contribution in [0, 0.1) is 0 Å². The number of pyridine rings is 1. The average molecular weight is 368 g/mol. The molecule has 0 aliphatic carbocycles. The Bertz CT molecular complexity index is 816. The van der Waals surface area contributed by atoms with Crippen molar-refractivity contribution in [3.8, 4) is 5.75 Å². The summed E-state index contributed by atoms with van der Waals surface area (Å²) >= 11 is 0. The molecule has 0 atom stereocenters. The van der Waals surface area contributed by atoms with Crippen LogP contribution in [0.2, 0.25) is 0 Å². The number of aromatic nitrogens is 1. The minimum atomic E-state index is -0.254. The zero-order valence-electron chi connectivity index (χ0n) is 15.6. The quantitative estimate of drug-likeness (QED) is 0.864. The van der Waals surface area contributed by atoms with E-state index in [9.17, 15) is 9.59 Å². The molecule has 1 N–H and O–H groups in total. The monoisotopic (exact) mass is 368 g/mol. The molecule has 0 radical (unpaired) electrons. The Balaban J connectivity index is 1.66. The van der Waals surface area contributed by atoms with E-state index in [1.54, 1.807) is 24.1 Å². The first-order valence-electron chi connectivity index (χ1n) is 8.92. The van der Waals surface area contributed by atoms with Gasteiger partial charge in [0.1, 0.15) is 11.4 Å². The highest BCUT2D eigenvalue weighted by atomic mass is 16.5. The second-order valence-electron chi connectivity index (χ2n) is 6.52. The number of ether oxygens (including phenoxy) is 1. The van der Waals surface area contributed by atoms with Gasteiger partial charge in [-0.2, -0.15) is 0 Å². The molecule has 2 heterocycles. The summed E-state index contributed by atoms with van der Waals surface area (Å²) in [5.41, 5.74) is 1.60. The second-order valence-corrected chi connectivity index (χ2v) is 6.52. The average Bonchev–Trinajstić information content (AvgIpc) is 2.72. The van der Waals surface area contributed by atoms with E-state index in [4.69, 9.17) is 4.74 Å². The van der Waals surface area contributed by atoms with Gasteiger partial charge in [0, 0.05) is 50.0 Å². The van der Waals surface area contributed by atoms with Gasteiger partial charge in [0.25, 0.3) is 11.8 Å². The second kappa shape index (κ2) is 8.64. The fraction of sp³-hybridized carbons (Fsp3) is 0.350. The van der Waals surface area contributed by atoms with E-state index in [1.165, 1.54) is 6.20 Å². The molecule has 1 aliphatic rings. The van der Waals surface area contributed by atoms with Crippen LogP contribution in [0.25, 0.3) is 0 Å². The minimum absolute atomic E-state index is 0.137. The molecule has 2 amide bonds. The van der Waals surface area contributed by atoms with Crippen LogP contribution in [-0.2, 0) is 6.54 Å². The molecule has 0 bridgehead atoms. The first kappa shape index (κ1) is 18.8. The number of hydrogen-bond acceptors (Lipinski definition) is 5. The molecule has 27 heavy (non-hydrogen) atoms. The smallest absolute Gasteiger partial charge is 0.272 e. The van der Waals surface area contributed by atoms with Crippen molar-refractivity contribution >= 4 is 11.8 Å². The number of hydrogen-bond donors (Lipinski definition) is 1. The fourth-order valence-corrected chi connectivity index (χ4v) is 2.99. The van der Waals surface area contributed by atoms with Crippen molar-refractivity contribution in [1.29, 1.82) is 0 Å². The molecule has 142 valence electrons.